The maximum Gasteiger partial charge on any atom is 0.134 e. The molecule has 1 aliphatic carbocycles. The van der Waals surface area contributed by atoms with Crippen LogP contribution in [0.1, 0.15) is 25.8 Å². The summed E-state index contributed by atoms with van der Waals surface area (Å²) in [5.41, 5.74) is 0.790. The molecule has 0 aliphatic heterocycles. The standard InChI is InChI=1S/C13H18BrNO2/c1-13(2)10(6-11(13)16)15-7-8-4-3-5-9(14)12(8)17/h3-5,10-11,15-17H,6-7H2,1-2H3. The van der Waals surface area contributed by atoms with Gasteiger partial charge in [-0.05, 0) is 28.4 Å². The first kappa shape index (κ1) is 12.9. The van der Waals surface area contributed by atoms with Crippen molar-refractivity contribution in [2.75, 3.05) is 0 Å². The highest BCUT2D eigenvalue weighted by Gasteiger charge is 2.46. The van der Waals surface area contributed by atoms with Crippen LogP contribution < -0.4 is 5.32 Å². The third-order valence-electron chi connectivity index (χ3n) is 3.83. The molecule has 94 valence electrons. The van der Waals surface area contributed by atoms with Gasteiger partial charge in [0.1, 0.15) is 5.75 Å². The fourth-order valence-electron chi connectivity index (χ4n) is 2.18. The molecular formula is C13H18BrNO2. The molecule has 3 N–H and O–H groups in total. The SMILES string of the molecule is CC1(C)C(O)CC1NCc1cccc(Br)c1O. The minimum atomic E-state index is -0.226. The zero-order valence-electron chi connectivity index (χ0n) is 10.1. The minimum Gasteiger partial charge on any atom is -0.506 e. The molecule has 1 aliphatic rings. The number of phenolic OH excluding ortho intramolecular Hbond substituents is 1. The van der Waals surface area contributed by atoms with Gasteiger partial charge in [-0.3, -0.25) is 0 Å². The van der Waals surface area contributed by atoms with E-state index in [2.05, 4.69) is 35.1 Å². The topological polar surface area (TPSA) is 52.5 Å². The van der Waals surface area contributed by atoms with Crippen LogP contribution in [0, 0.1) is 5.41 Å². The van der Waals surface area contributed by atoms with Gasteiger partial charge in [0.2, 0.25) is 0 Å². The lowest BCUT2D eigenvalue weighted by Crippen LogP contribution is -2.59. The number of para-hydroxylation sites is 1. The van der Waals surface area contributed by atoms with Gasteiger partial charge in [-0.1, -0.05) is 26.0 Å². The van der Waals surface area contributed by atoms with E-state index in [1.165, 1.54) is 0 Å². The Hall–Kier alpha value is -0.580. The molecule has 0 heterocycles. The Labute approximate surface area is 110 Å². The Balaban J connectivity index is 1.97. The van der Waals surface area contributed by atoms with Crippen LogP contribution >= 0.6 is 15.9 Å². The van der Waals surface area contributed by atoms with Gasteiger partial charge in [0.05, 0.1) is 10.6 Å². The number of hydrogen-bond acceptors (Lipinski definition) is 3. The second kappa shape index (κ2) is 4.59. The number of phenols is 1. The quantitative estimate of drug-likeness (QED) is 0.803. The van der Waals surface area contributed by atoms with E-state index >= 15 is 0 Å². The fourth-order valence-corrected chi connectivity index (χ4v) is 2.59. The van der Waals surface area contributed by atoms with Crippen LogP contribution in [0.25, 0.3) is 0 Å². The maximum absolute atomic E-state index is 9.85. The van der Waals surface area contributed by atoms with Crippen molar-refractivity contribution in [2.24, 2.45) is 5.41 Å². The van der Waals surface area contributed by atoms with Crippen molar-refractivity contribution in [1.82, 2.24) is 5.32 Å². The molecule has 2 atom stereocenters. The molecule has 0 spiro atoms. The van der Waals surface area contributed by atoms with E-state index < -0.39 is 0 Å². The van der Waals surface area contributed by atoms with Crippen LogP contribution in [0.2, 0.25) is 0 Å². The van der Waals surface area contributed by atoms with Gasteiger partial charge in [0, 0.05) is 23.6 Å². The van der Waals surface area contributed by atoms with Gasteiger partial charge >= 0.3 is 0 Å². The third-order valence-corrected chi connectivity index (χ3v) is 4.47. The van der Waals surface area contributed by atoms with E-state index in [0.717, 1.165) is 12.0 Å². The first-order valence-corrected chi connectivity index (χ1v) is 6.60. The Bertz CT molecular complexity index is 420. The highest BCUT2D eigenvalue weighted by atomic mass is 79.9. The molecule has 1 aromatic rings. The average Bonchev–Trinajstić information content (AvgIpc) is 2.29. The van der Waals surface area contributed by atoms with Crippen molar-refractivity contribution in [1.29, 1.82) is 0 Å². The fraction of sp³-hybridized carbons (Fsp3) is 0.538. The molecular weight excluding hydrogens is 282 g/mol. The molecule has 4 heteroatoms. The summed E-state index contributed by atoms with van der Waals surface area (Å²) in [4.78, 5) is 0. The second-order valence-electron chi connectivity index (χ2n) is 5.25. The molecule has 2 unspecified atom stereocenters. The lowest BCUT2D eigenvalue weighted by atomic mass is 9.64. The molecule has 0 aromatic heterocycles. The number of rotatable bonds is 3. The number of aliphatic hydroxyl groups excluding tert-OH is 1. The molecule has 1 saturated carbocycles. The molecule has 0 radical (unpaired) electrons. The monoisotopic (exact) mass is 299 g/mol. The smallest absolute Gasteiger partial charge is 0.134 e. The molecule has 2 rings (SSSR count). The van der Waals surface area contributed by atoms with Gasteiger partial charge in [0.15, 0.2) is 0 Å². The first-order chi connectivity index (χ1) is 7.93. The summed E-state index contributed by atoms with van der Waals surface area (Å²) in [6.45, 7) is 4.73. The van der Waals surface area contributed by atoms with E-state index in [4.69, 9.17) is 0 Å². The van der Waals surface area contributed by atoms with Gasteiger partial charge in [0.25, 0.3) is 0 Å². The number of aromatic hydroxyl groups is 1. The largest absolute Gasteiger partial charge is 0.506 e. The van der Waals surface area contributed by atoms with Crippen molar-refractivity contribution in [2.45, 2.75) is 39.0 Å². The third kappa shape index (κ3) is 2.34. The van der Waals surface area contributed by atoms with Crippen LogP contribution in [-0.4, -0.2) is 22.4 Å². The minimum absolute atomic E-state index is 0.0817. The number of halogens is 1. The molecule has 17 heavy (non-hydrogen) atoms. The van der Waals surface area contributed by atoms with Crippen molar-refractivity contribution in [3.05, 3.63) is 28.2 Å². The highest BCUT2D eigenvalue weighted by molar-refractivity contribution is 9.10. The summed E-state index contributed by atoms with van der Waals surface area (Å²) in [7, 11) is 0. The number of aliphatic hydroxyl groups is 1. The van der Waals surface area contributed by atoms with E-state index in [0.29, 0.717) is 17.1 Å². The number of benzene rings is 1. The van der Waals surface area contributed by atoms with Gasteiger partial charge in [-0.25, -0.2) is 0 Å². The predicted octanol–water partition coefficient (Wildman–Crippen LogP) is 2.40. The van der Waals surface area contributed by atoms with E-state index in [1.807, 2.05) is 18.2 Å². The number of hydrogen-bond donors (Lipinski definition) is 3. The van der Waals surface area contributed by atoms with Crippen LogP contribution in [-0.2, 0) is 6.54 Å². The van der Waals surface area contributed by atoms with Crippen molar-refractivity contribution >= 4 is 15.9 Å². The predicted molar refractivity (Wildman–Crippen MR) is 70.8 cm³/mol. The molecule has 1 aromatic carbocycles. The molecule has 3 nitrogen and oxygen atoms in total. The van der Waals surface area contributed by atoms with Gasteiger partial charge < -0.3 is 15.5 Å². The van der Waals surface area contributed by atoms with E-state index in [1.54, 1.807) is 0 Å². The zero-order valence-corrected chi connectivity index (χ0v) is 11.7. The second-order valence-corrected chi connectivity index (χ2v) is 6.11. The van der Waals surface area contributed by atoms with Crippen LogP contribution in [0.15, 0.2) is 22.7 Å². The van der Waals surface area contributed by atoms with Crippen LogP contribution in [0.5, 0.6) is 5.75 Å². The van der Waals surface area contributed by atoms with Crippen molar-refractivity contribution in [3.63, 3.8) is 0 Å². The summed E-state index contributed by atoms with van der Waals surface area (Å²) >= 11 is 3.30. The van der Waals surface area contributed by atoms with Crippen molar-refractivity contribution < 1.29 is 10.2 Å². The van der Waals surface area contributed by atoms with Crippen LogP contribution in [0.4, 0.5) is 0 Å². The van der Waals surface area contributed by atoms with Crippen molar-refractivity contribution in [3.8, 4) is 5.75 Å². The lowest BCUT2D eigenvalue weighted by Gasteiger charge is -2.49. The Morgan fingerprint density at radius 1 is 1.47 bits per heavy atom. The van der Waals surface area contributed by atoms with E-state index in [9.17, 15) is 10.2 Å². The molecule has 0 saturated heterocycles. The zero-order chi connectivity index (χ0) is 12.6. The summed E-state index contributed by atoms with van der Waals surface area (Å²) in [6.07, 6.45) is 0.554. The first-order valence-electron chi connectivity index (χ1n) is 5.80. The van der Waals surface area contributed by atoms with Gasteiger partial charge in [-0.2, -0.15) is 0 Å². The Morgan fingerprint density at radius 2 is 2.18 bits per heavy atom. The summed E-state index contributed by atoms with van der Waals surface area (Å²) in [5.74, 6) is 0.290. The van der Waals surface area contributed by atoms with Crippen LogP contribution in [0.3, 0.4) is 0 Å². The molecule has 0 amide bonds. The van der Waals surface area contributed by atoms with Gasteiger partial charge in [-0.15, -0.1) is 0 Å². The van der Waals surface area contributed by atoms with E-state index in [-0.39, 0.29) is 17.3 Å². The summed E-state index contributed by atoms with van der Waals surface area (Å²) in [5, 5.41) is 22.9. The maximum atomic E-state index is 9.85. The molecule has 0 bridgehead atoms. The normalized spacial score (nSPS) is 26.6. The summed E-state index contributed by atoms with van der Waals surface area (Å²) < 4.78 is 0.713. The Morgan fingerprint density at radius 3 is 2.76 bits per heavy atom. The number of nitrogens with one attached hydrogen (secondary N) is 1. The summed E-state index contributed by atoms with van der Waals surface area (Å²) in [6, 6.07) is 5.92. The lowest BCUT2D eigenvalue weighted by molar-refractivity contribution is -0.0730. The highest BCUT2D eigenvalue weighted by Crippen LogP contribution is 2.40. The Kier molecular flexibility index (Phi) is 3.48. The average molecular weight is 300 g/mol. The molecule has 1 fully saturated rings.